The first-order chi connectivity index (χ1) is 7.79. The lowest BCUT2D eigenvalue weighted by Gasteiger charge is -2.19. The Morgan fingerprint density at radius 1 is 1.62 bits per heavy atom. The molecule has 4 heteroatoms. The largest absolute Gasteiger partial charge is 0.381 e. The maximum absolute atomic E-state index is 5.99. The van der Waals surface area contributed by atoms with Gasteiger partial charge in [0.2, 0.25) is 0 Å². The number of nitrogens with one attached hydrogen (secondary N) is 1. The Morgan fingerprint density at radius 2 is 2.50 bits per heavy atom. The third kappa shape index (κ3) is 3.20. The molecular weight excluding hydrogens is 242 g/mol. The predicted octanol–water partition coefficient (Wildman–Crippen LogP) is 3.48. The quantitative estimate of drug-likeness (QED) is 0.874. The van der Waals surface area contributed by atoms with Gasteiger partial charge in [0.1, 0.15) is 0 Å². The molecule has 1 N–H and O–H groups in total. The van der Waals surface area contributed by atoms with Crippen molar-refractivity contribution >= 4 is 22.9 Å². The normalized spacial score (nSPS) is 22.5. The van der Waals surface area contributed by atoms with Gasteiger partial charge < -0.3 is 10.1 Å². The van der Waals surface area contributed by atoms with Crippen LogP contribution in [0.4, 0.5) is 0 Å². The Bertz CT molecular complexity index is 323. The third-order valence-corrected chi connectivity index (χ3v) is 4.33. The summed E-state index contributed by atoms with van der Waals surface area (Å²) in [5, 5.41) is 3.54. The summed E-state index contributed by atoms with van der Waals surface area (Å²) in [6, 6.07) is 4.56. The zero-order chi connectivity index (χ0) is 11.4. The van der Waals surface area contributed by atoms with E-state index >= 15 is 0 Å². The van der Waals surface area contributed by atoms with E-state index in [2.05, 4.69) is 18.3 Å². The first-order valence-corrected chi connectivity index (χ1v) is 7.05. The first kappa shape index (κ1) is 12.4. The molecule has 16 heavy (non-hydrogen) atoms. The van der Waals surface area contributed by atoms with Crippen LogP contribution in [0.25, 0.3) is 0 Å². The smallest absolute Gasteiger partial charge is 0.0931 e. The van der Waals surface area contributed by atoms with E-state index in [1.54, 1.807) is 11.3 Å². The number of ether oxygens (including phenoxy) is 1. The van der Waals surface area contributed by atoms with Crippen molar-refractivity contribution in [3.8, 4) is 0 Å². The number of hydrogen-bond donors (Lipinski definition) is 1. The van der Waals surface area contributed by atoms with Crippen molar-refractivity contribution in [2.45, 2.75) is 25.8 Å². The fraction of sp³-hybridized carbons (Fsp3) is 0.667. The highest BCUT2D eigenvalue weighted by Crippen LogP contribution is 2.32. The molecule has 90 valence electrons. The highest BCUT2D eigenvalue weighted by atomic mass is 35.5. The van der Waals surface area contributed by atoms with Crippen molar-refractivity contribution in [3.05, 3.63) is 21.3 Å². The summed E-state index contributed by atoms with van der Waals surface area (Å²) in [4.78, 5) is 1.35. The van der Waals surface area contributed by atoms with Crippen molar-refractivity contribution in [2.24, 2.45) is 5.92 Å². The average molecular weight is 260 g/mol. The minimum Gasteiger partial charge on any atom is -0.381 e. The number of rotatable bonds is 5. The molecule has 2 atom stereocenters. The maximum atomic E-state index is 5.99. The summed E-state index contributed by atoms with van der Waals surface area (Å²) >= 11 is 7.67. The van der Waals surface area contributed by atoms with Crippen LogP contribution in [0.2, 0.25) is 4.34 Å². The third-order valence-electron chi connectivity index (χ3n) is 2.98. The predicted molar refractivity (Wildman–Crippen MR) is 69.3 cm³/mol. The van der Waals surface area contributed by atoms with Gasteiger partial charge in [0.05, 0.1) is 4.34 Å². The molecule has 0 radical (unpaired) electrons. The molecule has 0 aliphatic carbocycles. The van der Waals surface area contributed by atoms with Crippen molar-refractivity contribution in [1.82, 2.24) is 5.32 Å². The molecule has 1 fully saturated rings. The van der Waals surface area contributed by atoms with E-state index < -0.39 is 0 Å². The van der Waals surface area contributed by atoms with Crippen LogP contribution in [0.5, 0.6) is 0 Å². The first-order valence-electron chi connectivity index (χ1n) is 5.86. The fourth-order valence-electron chi connectivity index (χ4n) is 2.16. The SMILES string of the molecule is CCNC(CC1CCOC1)c1ccc(Cl)s1. The zero-order valence-electron chi connectivity index (χ0n) is 9.54. The van der Waals surface area contributed by atoms with E-state index in [0.717, 1.165) is 30.5 Å². The highest BCUT2D eigenvalue weighted by Gasteiger charge is 2.22. The zero-order valence-corrected chi connectivity index (χ0v) is 11.1. The molecule has 1 aromatic rings. The molecule has 1 saturated heterocycles. The molecule has 2 nitrogen and oxygen atoms in total. The van der Waals surface area contributed by atoms with E-state index in [9.17, 15) is 0 Å². The van der Waals surface area contributed by atoms with Crippen LogP contribution in [0.1, 0.15) is 30.7 Å². The van der Waals surface area contributed by atoms with Crippen molar-refractivity contribution in [3.63, 3.8) is 0 Å². The molecule has 1 aromatic heterocycles. The highest BCUT2D eigenvalue weighted by molar-refractivity contribution is 7.16. The van der Waals surface area contributed by atoms with Gasteiger partial charge in [-0.1, -0.05) is 18.5 Å². The average Bonchev–Trinajstić information content (AvgIpc) is 2.88. The maximum Gasteiger partial charge on any atom is 0.0931 e. The molecule has 0 bridgehead atoms. The van der Waals surface area contributed by atoms with Crippen LogP contribution in [-0.4, -0.2) is 19.8 Å². The topological polar surface area (TPSA) is 21.3 Å². The summed E-state index contributed by atoms with van der Waals surface area (Å²) < 4.78 is 6.30. The lowest BCUT2D eigenvalue weighted by Crippen LogP contribution is -2.22. The summed E-state index contributed by atoms with van der Waals surface area (Å²) in [6.07, 6.45) is 2.35. The van der Waals surface area contributed by atoms with Crippen molar-refractivity contribution in [2.75, 3.05) is 19.8 Å². The Labute approximate surface area is 106 Å². The van der Waals surface area contributed by atoms with Gasteiger partial charge >= 0.3 is 0 Å². The second-order valence-corrected chi connectivity index (χ2v) is 5.96. The summed E-state index contributed by atoms with van der Waals surface area (Å²) in [6.45, 7) is 4.98. The van der Waals surface area contributed by atoms with Crippen LogP contribution in [0.15, 0.2) is 12.1 Å². The van der Waals surface area contributed by atoms with Gasteiger partial charge in [-0.15, -0.1) is 11.3 Å². The Morgan fingerprint density at radius 3 is 3.06 bits per heavy atom. The van der Waals surface area contributed by atoms with Gasteiger partial charge in [-0.2, -0.15) is 0 Å². The molecule has 0 amide bonds. The van der Waals surface area contributed by atoms with Crippen LogP contribution < -0.4 is 5.32 Å². The molecule has 0 aromatic carbocycles. The van der Waals surface area contributed by atoms with E-state index in [4.69, 9.17) is 16.3 Å². The summed E-state index contributed by atoms with van der Waals surface area (Å²) in [7, 11) is 0. The van der Waals surface area contributed by atoms with Gasteiger partial charge in [-0.05, 0) is 37.4 Å². The van der Waals surface area contributed by atoms with Gasteiger partial charge in [0.15, 0.2) is 0 Å². The second-order valence-electron chi connectivity index (χ2n) is 4.22. The molecule has 0 saturated carbocycles. The summed E-state index contributed by atoms with van der Waals surface area (Å²) in [5.74, 6) is 0.699. The van der Waals surface area contributed by atoms with Crippen LogP contribution in [0.3, 0.4) is 0 Å². The Hall–Kier alpha value is -0.0900. The lowest BCUT2D eigenvalue weighted by molar-refractivity contribution is 0.181. The fourth-order valence-corrected chi connectivity index (χ4v) is 3.31. The number of hydrogen-bond acceptors (Lipinski definition) is 3. The van der Waals surface area contributed by atoms with E-state index in [1.165, 1.54) is 11.3 Å². The minimum atomic E-state index is 0.439. The second kappa shape index (κ2) is 6.01. The monoisotopic (exact) mass is 259 g/mol. The van der Waals surface area contributed by atoms with Gasteiger partial charge in [0.25, 0.3) is 0 Å². The molecule has 1 aliphatic rings. The lowest BCUT2D eigenvalue weighted by atomic mass is 9.98. The van der Waals surface area contributed by atoms with Crippen LogP contribution in [0, 0.1) is 5.92 Å². The molecule has 2 rings (SSSR count). The standard InChI is InChI=1S/C12H18ClNOS/c1-2-14-10(7-9-5-6-15-8-9)11-3-4-12(13)16-11/h3-4,9-10,14H,2,5-8H2,1H3. The number of thiophene rings is 1. The molecule has 2 heterocycles. The van der Waals surface area contributed by atoms with Crippen LogP contribution >= 0.6 is 22.9 Å². The number of halogens is 1. The molecule has 1 aliphatic heterocycles. The molecular formula is C12H18ClNOS. The minimum absolute atomic E-state index is 0.439. The van der Waals surface area contributed by atoms with E-state index in [1.807, 2.05) is 6.07 Å². The Kier molecular flexibility index (Phi) is 4.65. The van der Waals surface area contributed by atoms with E-state index in [0.29, 0.717) is 12.0 Å². The molecule has 2 unspecified atom stereocenters. The summed E-state index contributed by atoms with van der Waals surface area (Å²) in [5.41, 5.74) is 0. The van der Waals surface area contributed by atoms with E-state index in [-0.39, 0.29) is 0 Å². The van der Waals surface area contributed by atoms with Gasteiger partial charge in [0, 0.05) is 24.1 Å². The van der Waals surface area contributed by atoms with Gasteiger partial charge in [-0.25, -0.2) is 0 Å². The van der Waals surface area contributed by atoms with Gasteiger partial charge in [-0.3, -0.25) is 0 Å². The van der Waals surface area contributed by atoms with Crippen molar-refractivity contribution in [1.29, 1.82) is 0 Å². The Balaban J connectivity index is 1.98. The molecule has 0 spiro atoms. The van der Waals surface area contributed by atoms with Crippen LogP contribution in [-0.2, 0) is 4.74 Å². The van der Waals surface area contributed by atoms with Crippen molar-refractivity contribution < 1.29 is 4.74 Å².